The van der Waals surface area contributed by atoms with Crippen molar-refractivity contribution in [3.05, 3.63) is 34.2 Å². The Bertz CT molecular complexity index is 717. The van der Waals surface area contributed by atoms with Crippen LogP contribution in [0.5, 0.6) is 0 Å². The smallest absolute Gasteiger partial charge is 0.256 e. The van der Waals surface area contributed by atoms with Crippen molar-refractivity contribution in [3.8, 4) is 0 Å². The summed E-state index contributed by atoms with van der Waals surface area (Å²) in [5.41, 5.74) is 2.17. The van der Waals surface area contributed by atoms with Gasteiger partial charge in [-0.3, -0.25) is 9.69 Å². The second kappa shape index (κ2) is 6.98. The van der Waals surface area contributed by atoms with E-state index in [0.717, 1.165) is 17.1 Å². The molecule has 0 bridgehead atoms. The molecule has 3 heterocycles. The van der Waals surface area contributed by atoms with Gasteiger partial charge in [0, 0.05) is 37.6 Å². The fraction of sp³-hybridized carbons (Fsp3) is 0.562. The minimum Gasteiger partial charge on any atom is -0.360 e. The first-order chi connectivity index (χ1) is 11.4. The highest BCUT2D eigenvalue weighted by atomic mass is 32.1. The van der Waals surface area contributed by atoms with Gasteiger partial charge in [0.05, 0.1) is 23.5 Å². The van der Waals surface area contributed by atoms with E-state index in [9.17, 15) is 9.18 Å². The lowest BCUT2D eigenvalue weighted by molar-refractivity contribution is 0.0745. The van der Waals surface area contributed by atoms with Gasteiger partial charge in [0.2, 0.25) is 0 Å². The standard InChI is InChI=1S/C16H21FN4O2S/c1-10-4-14(23-18-10)8-21-6-12(17)5-13(21)7-20(3)16(22)15-9-24-19-11(15)2/h4,9,12-13H,5-8H2,1-3H3/t12-,13-/m0/s1. The molecule has 1 amide bonds. The van der Waals surface area contributed by atoms with Gasteiger partial charge in [-0.05, 0) is 31.8 Å². The number of carbonyl (C=O) groups is 1. The first-order valence-corrected chi connectivity index (χ1v) is 8.74. The number of aryl methyl sites for hydroxylation is 2. The van der Waals surface area contributed by atoms with Crippen molar-refractivity contribution in [2.24, 2.45) is 0 Å². The van der Waals surface area contributed by atoms with Gasteiger partial charge in [0.15, 0.2) is 5.76 Å². The molecule has 3 rings (SSSR count). The Balaban J connectivity index is 1.65. The van der Waals surface area contributed by atoms with Crippen molar-refractivity contribution in [2.75, 3.05) is 20.1 Å². The molecule has 0 unspecified atom stereocenters. The topological polar surface area (TPSA) is 62.5 Å². The lowest BCUT2D eigenvalue weighted by atomic mass is 10.1. The van der Waals surface area contributed by atoms with Crippen molar-refractivity contribution in [3.63, 3.8) is 0 Å². The average Bonchev–Trinajstić information content (AvgIpc) is 3.21. The van der Waals surface area contributed by atoms with Crippen LogP contribution in [0.4, 0.5) is 4.39 Å². The molecule has 1 saturated heterocycles. The summed E-state index contributed by atoms with van der Waals surface area (Å²) in [6.07, 6.45) is -0.460. The molecule has 0 saturated carbocycles. The number of likely N-dealkylation sites (tertiary alicyclic amines) is 1. The molecule has 1 aliphatic rings. The minimum atomic E-state index is -0.882. The molecule has 0 aromatic carbocycles. The van der Waals surface area contributed by atoms with Crippen molar-refractivity contribution in [1.82, 2.24) is 19.3 Å². The van der Waals surface area contributed by atoms with Gasteiger partial charge < -0.3 is 9.42 Å². The predicted octanol–water partition coefficient (Wildman–Crippen LogP) is 2.43. The molecule has 0 N–H and O–H groups in total. The number of amides is 1. The van der Waals surface area contributed by atoms with E-state index in [1.807, 2.05) is 24.8 Å². The maximum Gasteiger partial charge on any atom is 0.256 e. The molecule has 24 heavy (non-hydrogen) atoms. The average molecular weight is 352 g/mol. The summed E-state index contributed by atoms with van der Waals surface area (Å²) < 4.78 is 23.3. The summed E-state index contributed by atoms with van der Waals surface area (Å²) in [5.74, 6) is 0.650. The Morgan fingerprint density at radius 1 is 1.54 bits per heavy atom. The number of rotatable bonds is 5. The molecule has 0 spiro atoms. The van der Waals surface area contributed by atoms with E-state index in [-0.39, 0.29) is 11.9 Å². The van der Waals surface area contributed by atoms with Gasteiger partial charge in [-0.2, -0.15) is 4.37 Å². The zero-order valence-corrected chi connectivity index (χ0v) is 14.8. The fourth-order valence-corrected chi connectivity index (χ4v) is 3.79. The van der Waals surface area contributed by atoms with Crippen LogP contribution < -0.4 is 0 Å². The molecule has 8 heteroatoms. The molecule has 2 aromatic heterocycles. The molecule has 2 aromatic rings. The number of nitrogens with zero attached hydrogens (tertiary/aromatic N) is 4. The minimum absolute atomic E-state index is 0.0359. The summed E-state index contributed by atoms with van der Waals surface area (Å²) in [6.45, 7) is 5.01. The van der Waals surface area contributed by atoms with Gasteiger partial charge >= 0.3 is 0 Å². The lowest BCUT2D eigenvalue weighted by Crippen LogP contribution is -2.41. The summed E-state index contributed by atoms with van der Waals surface area (Å²) in [7, 11) is 1.75. The largest absolute Gasteiger partial charge is 0.360 e. The first kappa shape index (κ1) is 17.0. The number of likely N-dealkylation sites (N-methyl/N-ethyl adjacent to an activating group) is 1. The summed E-state index contributed by atoms with van der Waals surface area (Å²) in [5, 5.41) is 5.63. The highest BCUT2D eigenvalue weighted by molar-refractivity contribution is 7.03. The third-order valence-electron chi connectivity index (χ3n) is 4.32. The van der Waals surface area contributed by atoms with Gasteiger partial charge in [-0.25, -0.2) is 4.39 Å². The van der Waals surface area contributed by atoms with Gasteiger partial charge in [-0.1, -0.05) is 5.16 Å². The molecule has 6 nitrogen and oxygen atoms in total. The van der Waals surface area contributed by atoms with Crippen LogP contribution in [0.15, 0.2) is 16.0 Å². The van der Waals surface area contributed by atoms with Crippen molar-refractivity contribution in [2.45, 2.75) is 39.0 Å². The Labute approximate surface area is 144 Å². The zero-order chi connectivity index (χ0) is 17.3. The Hall–Kier alpha value is -1.80. The van der Waals surface area contributed by atoms with Crippen molar-refractivity contribution >= 4 is 17.4 Å². The molecule has 1 fully saturated rings. The van der Waals surface area contributed by atoms with E-state index in [0.29, 0.717) is 31.6 Å². The van der Waals surface area contributed by atoms with Crippen LogP contribution in [-0.4, -0.2) is 57.6 Å². The summed E-state index contributed by atoms with van der Waals surface area (Å²) in [6, 6.07) is 1.82. The van der Waals surface area contributed by atoms with Crippen LogP contribution in [0.3, 0.4) is 0 Å². The Morgan fingerprint density at radius 2 is 2.33 bits per heavy atom. The second-order valence-electron chi connectivity index (χ2n) is 6.35. The normalized spacial score (nSPS) is 21.3. The molecular formula is C16H21FN4O2S. The maximum atomic E-state index is 13.9. The molecule has 2 atom stereocenters. The zero-order valence-electron chi connectivity index (χ0n) is 14.0. The summed E-state index contributed by atoms with van der Waals surface area (Å²) in [4.78, 5) is 16.2. The number of halogens is 1. The van der Waals surface area contributed by atoms with E-state index >= 15 is 0 Å². The first-order valence-electron chi connectivity index (χ1n) is 7.90. The van der Waals surface area contributed by atoms with Crippen molar-refractivity contribution < 1.29 is 13.7 Å². The summed E-state index contributed by atoms with van der Waals surface area (Å²) >= 11 is 1.27. The van der Waals surface area contributed by atoms with Crippen LogP contribution in [0, 0.1) is 13.8 Å². The monoisotopic (exact) mass is 352 g/mol. The van der Waals surface area contributed by atoms with E-state index in [1.54, 1.807) is 17.3 Å². The molecular weight excluding hydrogens is 331 g/mol. The van der Waals surface area contributed by atoms with Crippen LogP contribution in [0.25, 0.3) is 0 Å². The molecule has 0 radical (unpaired) electrons. The van der Waals surface area contributed by atoms with Crippen LogP contribution in [0.2, 0.25) is 0 Å². The van der Waals surface area contributed by atoms with Gasteiger partial charge in [0.25, 0.3) is 5.91 Å². The third-order valence-corrected chi connectivity index (χ3v) is 5.04. The number of carbonyl (C=O) groups excluding carboxylic acids is 1. The quantitative estimate of drug-likeness (QED) is 0.827. The number of aromatic nitrogens is 2. The van der Waals surface area contributed by atoms with Gasteiger partial charge in [-0.15, -0.1) is 0 Å². The number of hydrogen-bond acceptors (Lipinski definition) is 6. The van der Waals surface area contributed by atoms with E-state index in [1.165, 1.54) is 11.5 Å². The van der Waals surface area contributed by atoms with Crippen LogP contribution in [0.1, 0.15) is 33.9 Å². The SMILES string of the molecule is Cc1cc(CN2C[C@@H](F)C[C@H]2CN(C)C(=O)c2csnc2C)on1. The Kier molecular flexibility index (Phi) is 4.96. The van der Waals surface area contributed by atoms with Crippen LogP contribution in [-0.2, 0) is 6.54 Å². The van der Waals surface area contributed by atoms with Gasteiger partial charge in [0.1, 0.15) is 6.17 Å². The number of alkyl halides is 1. The Morgan fingerprint density at radius 3 is 2.96 bits per heavy atom. The highest BCUT2D eigenvalue weighted by Gasteiger charge is 2.34. The number of hydrogen-bond donors (Lipinski definition) is 0. The fourth-order valence-electron chi connectivity index (χ4n) is 3.10. The van der Waals surface area contributed by atoms with E-state index in [4.69, 9.17) is 4.52 Å². The predicted molar refractivity (Wildman–Crippen MR) is 88.8 cm³/mol. The van der Waals surface area contributed by atoms with E-state index < -0.39 is 6.17 Å². The van der Waals surface area contributed by atoms with E-state index in [2.05, 4.69) is 9.53 Å². The molecule has 130 valence electrons. The van der Waals surface area contributed by atoms with Crippen molar-refractivity contribution in [1.29, 1.82) is 0 Å². The third kappa shape index (κ3) is 3.64. The lowest BCUT2D eigenvalue weighted by Gasteiger charge is -2.27. The maximum absolute atomic E-state index is 13.9. The molecule has 1 aliphatic heterocycles. The molecule has 0 aliphatic carbocycles. The second-order valence-corrected chi connectivity index (χ2v) is 6.98. The highest BCUT2D eigenvalue weighted by Crippen LogP contribution is 2.24. The van der Waals surface area contributed by atoms with Crippen LogP contribution >= 0.6 is 11.5 Å².